The molecule has 23 heavy (non-hydrogen) atoms. The van der Waals surface area contributed by atoms with Crippen LogP contribution in [0.5, 0.6) is 5.75 Å². The Bertz CT molecular complexity index is 442. The fraction of sp³-hybridized carbons (Fsp3) is 0.727. The van der Waals surface area contributed by atoms with Crippen molar-refractivity contribution in [1.82, 2.24) is 0 Å². The topological polar surface area (TPSA) is 9.23 Å². The molecule has 0 spiro atoms. The summed E-state index contributed by atoms with van der Waals surface area (Å²) in [4.78, 5) is 0. The molecular weight excluding hydrogens is 280 g/mol. The zero-order valence-corrected chi connectivity index (χ0v) is 15.7. The van der Waals surface area contributed by atoms with Crippen LogP contribution in [0.25, 0.3) is 0 Å². The maximum Gasteiger partial charge on any atom is 0.120 e. The van der Waals surface area contributed by atoms with E-state index < -0.39 is 0 Å². The van der Waals surface area contributed by atoms with Crippen LogP contribution in [-0.4, -0.2) is 5.60 Å². The molecule has 0 aromatic heterocycles. The molecule has 0 bridgehead atoms. The minimum Gasteiger partial charge on any atom is -0.487 e. The number of rotatable bonds is 9. The average Bonchev–Trinajstić information content (AvgIpc) is 3.05. The maximum atomic E-state index is 6.68. The lowest BCUT2D eigenvalue weighted by molar-refractivity contribution is 0.00710. The highest BCUT2D eigenvalue weighted by Crippen LogP contribution is 2.43. The third-order valence-electron chi connectivity index (χ3n) is 5.98. The van der Waals surface area contributed by atoms with Crippen LogP contribution in [0.15, 0.2) is 24.3 Å². The first-order valence-electron chi connectivity index (χ1n) is 9.94. The van der Waals surface area contributed by atoms with E-state index in [1.165, 1.54) is 63.4 Å². The first kappa shape index (κ1) is 18.4. The summed E-state index contributed by atoms with van der Waals surface area (Å²) in [5.41, 5.74) is 1.53. The van der Waals surface area contributed by atoms with E-state index in [-0.39, 0.29) is 5.60 Å². The molecular formula is C22H36O. The third kappa shape index (κ3) is 4.52. The second kappa shape index (κ2) is 8.76. The van der Waals surface area contributed by atoms with E-state index in [2.05, 4.69) is 52.0 Å². The van der Waals surface area contributed by atoms with Crippen molar-refractivity contribution in [2.45, 2.75) is 97.0 Å². The highest BCUT2D eigenvalue weighted by atomic mass is 16.5. The molecule has 130 valence electrons. The van der Waals surface area contributed by atoms with Crippen molar-refractivity contribution < 1.29 is 4.74 Å². The second-order valence-corrected chi connectivity index (χ2v) is 7.50. The van der Waals surface area contributed by atoms with E-state index in [1.807, 2.05) is 0 Å². The summed E-state index contributed by atoms with van der Waals surface area (Å²) in [6, 6.07) is 8.93. The van der Waals surface area contributed by atoms with Gasteiger partial charge in [-0.1, -0.05) is 52.7 Å². The molecule has 0 N–H and O–H groups in total. The zero-order chi connectivity index (χ0) is 16.7. The molecule has 2 unspecified atom stereocenters. The Labute approximate surface area is 143 Å². The van der Waals surface area contributed by atoms with Gasteiger partial charge >= 0.3 is 0 Å². The van der Waals surface area contributed by atoms with Crippen LogP contribution in [0, 0.1) is 5.92 Å². The molecule has 2 atom stereocenters. The molecule has 1 fully saturated rings. The van der Waals surface area contributed by atoms with Crippen LogP contribution in [0.1, 0.15) is 97.0 Å². The van der Waals surface area contributed by atoms with Gasteiger partial charge in [0.15, 0.2) is 0 Å². The van der Waals surface area contributed by atoms with Crippen LogP contribution in [0.3, 0.4) is 0 Å². The molecule has 1 aromatic rings. The Morgan fingerprint density at radius 3 is 2.17 bits per heavy atom. The van der Waals surface area contributed by atoms with Crippen molar-refractivity contribution >= 4 is 0 Å². The highest BCUT2D eigenvalue weighted by molar-refractivity contribution is 5.30. The van der Waals surface area contributed by atoms with Crippen LogP contribution >= 0.6 is 0 Å². The smallest absolute Gasteiger partial charge is 0.120 e. The first-order valence-corrected chi connectivity index (χ1v) is 9.94. The number of hydrogen-bond acceptors (Lipinski definition) is 1. The summed E-state index contributed by atoms with van der Waals surface area (Å²) >= 11 is 0. The summed E-state index contributed by atoms with van der Waals surface area (Å²) in [6.07, 6.45) is 11.5. The largest absolute Gasteiger partial charge is 0.487 e. The Kier molecular flexibility index (Phi) is 6.99. The molecule has 0 heterocycles. The molecule has 0 amide bonds. The molecule has 1 heteroatoms. The van der Waals surface area contributed by atoms with Crippen molar-refractivity contribution in [2.75, 3.05) is 0 Å². The van der Waals surface area contributed by atoms with E-state index >= 15 is 0 Å². The average molecular weight is 317 g/mol. The number of hydrogen-bond donors (Lipinski definition) is 0. The molecule has 0 saturated heterocycles. The number of unbranched alkanes of at least 4 members (excludes halogenated alkanes) is 1. The van der Waals surface area contributed by atoms with E-state index in [0.29, 0.717) is 11.8 Å². The molecule has 0 radical (unpaired) electrons. The third-order valence-corrected chi connectivity index (χ3v) is 5.98. The summed E-state index contributed by atoms with van der Waals surface area (Å²) in [5.74, 6) is 2.42. The summed E-state index contributed by atoms with van der Waals surface area (Å²) < 4.78 is 6.68. The fourth-order valence-corrected chi connectivity index (χ4v) is 4.19. The normalized spacial score (nSPS) is 19.5. The van der Waals surface area contributed by atoms with Gasteiger partial charge < -0.3 is 4.74 Å². The van der Waals surface area contributed by atoms with Gasteiger partial charge in [0.2, 0.25) is 0 Å². The predicted molar refractivity (Wildman–Crippen MR) is 100 cm³/mol. The van der Waals surface area contributed by atoms with Crippen LogP contribution in [0.2, 0.25) is 0 Å². The molecule has 1 aromatic carbocycles. The maximum absolute atomic E-state index is 6.68. The number of benzene rings is 1. The second-order valence-electron chi connectivity index (χ2n) is 7.50. The number of ether oxygens (including phenoxy) is 1. The summed E-state index contributed by atoms with van der Waals surface area (Å²) in [7, 11) is 0. The highest BCUT2D eigenvalue weighted by Gasteiger charge is 2.42. The van der Waals surface area contributed by atoms with Crippen LogP contribution in [0.4, 0.5) is 0 Å². The van der Waals surface area contributed by atoms with Gasteiger partial charge in [0.05, 0.1) is 0 Å². The van der Waals surface area contributed by atoms with E-state index in [4.69, 9.17) is 4.74 Å². The molecule has 1 saturated carbocycles. The van der Waals surface area contributed by atoms with Crippen molar-refractivity contribution in [3.63, 3.8) is 0 Å². The molecule has 0 aliphatic heterocycles. The van der Waals surface area contributed by atoms with Crippen LogP contribution < -0.4 is 4.74 Å². The van der Waals surface area contributed by atoms with Crippen molar-refractivity contribution in [3.8, 4) is 5.75 Å². The monoisotopic (exact) mass is 316 g/mol. The van der Waals surface area contributed by atoms with Gasteiger partial charge in [0, 0.05) is 0 Å². The van der Waals surface area contributed by atoms with Crippen molar-refractivity contribution in [3.05, 3.63) is 29.8 Å². The zero-order valence-electron chi connectivity index (χ0n) is 15.7. The summed E-state index contributed by atoms with van der Waals surface area (Å²) in [6.45, 7) is 9.19. The van der Waals surface area contributed by atoms with Gasteiger partial charge in [-0.25, -0.2) is 0 Å². The molecule has 1 nitrogen and oxygen atoms in total. The van der Waals surface area contributed by atoms with Gasteiger partial charge in [-0.2, -0.15) is 0 Å². The van der Waals surface area contributed by atoms with Gasteiger partial charge in [0.1, 0.15) is 11.4 Å². The quantitative estimate of drug-likeness (QED) is 0.471. The predicted octanol–water partition coefficient (Wildman–Crippen LogP) is 7.11. The van der Waals surface area contributed by atoms with Crippen LogP contribution in [-0.2, 0) is 0 Å². The Balaban J connectivity index is 2.12. The lowest BCUT2D eigenvalue weighted by Crippen LogP contribution is -2.41. The minimum atomic E-state index is 0.0990. The minimum absolute atomic E-state index is 0.0990. The van der Waals surface area contributed by atoms with Gasteiger partial charge in [-0.3, -0.25) is 0 Å². The Morgan fingerprint density at radius 2 is 1.65 bits per heavy atom. The lowest BCUT2D eigenvalue weighted by Gasteiger charge is -2.38. The molecule has 1 aliphatic carbocycles. The van der Waals surface area contributed by atoms with Gasteiger partial charge in [-0.05, 0) is 74.5 Å². The lowest BCUT2D eigenvalue weighted by atomic mass is 9.80. The van der Waals surface area contributed by atoms with Crippen molar-refractivity contribution in [2.24, 2.45) is 5.92 Å². The van der Waals surface area contributed by atoms with Gasteiger partial charge in [0.25, 0.3) is 0 Å². The fourth-order valence-electron chi connectivity index (χ4n) is 4.19. The molecule has 1 aliphatic rings. The van der Waals surface area contributed by atoms with Crippen molar-refractivity contribution in [1.29, 1.82) is 0 Å². The first-order chi connectivity index (χ1) is 11.1. The summed E-state index contributed by atoms with van der Waals surface area (Å²) in [5, 5.41) is 0. The standard InChI is InChI=1S/C22H36O/c1-5-8-11-20(7-3)22(16-9-10-17-22)23-21-14-12-19(13-15-21)18(4)6-2/h12-15,18,20H,5-11,16-17H2,1-4H3. The molecule has 2 rings (SSSR count). The SMILES string of the molecule is CCCCC(CC)C1(Oc2ccc(C(C)CC)cc2)CCCC1. The Hall–Kier alpha value is -0.980. The van der Waals surface area contributed by atoms with E-state index in [1.54, 1.807) is 0 Å². The van der Waals surface area contributed by atoms with E-state index in [0.717, 1.165) is 5.75 Å². The van der Waals surface area contributed by atoms with Gasteiger partial charge in [-0.15, -0.1) is 0 Å². The van der Waals surface area contributed by atoms with E-state index in [9.17, 15) is 0 Å². The Morgan fingerprint density at radius 1 is 1.00 bits per heavy atom.